The van der Waals surface area contributed by atoms with Crippen LogP contribution in [-0.4, -0.2) is 22.3 Å². The van der Waals surface area contributed by atoms with E-state index in [9.17, 15) is 0 Å². The topological polar surface area (TPSA) is 37.8 Å². The Kier molecular flexibility index (Phi) is 5.10. The standard InChI is InChI=1S/C12H18BrN3S/c1-2-14-12-15-7-10(13)11(16-12)17-8-9-5-3-4-6-9/h7,9H,2-6,8H2,1H3,(H,14,15,16). The van der Waals surface area contributed by atoms with Crippen LogP contribution in [0.3, 0.4) is 0 Å². The molecule has 1 aliphatic rings. The molecule has 0 amide bonds. The molecule has 0 unspecified atom stereocenters. The summed E-state index contributed by atoms with van der Waals surface area (Å²) in [7, 11) is 0. The van der Waals surface area contributed by atoms with Gasteiger partial charge in [0.25, 0.3) is 0 Å². The molecule has 1 N–H and O–H groups in total. The number of hydrogen-bond acceptors (Lipinski definition) is 4. The first-order chi connectivity index (χ1) is 8.29. The second-order valence-corrected chi connectivity index (χ2v) is 6.20. The molecule has 1 saturated carbocycles. The van der Waals surface area contributed by atoms with Gasteiger partial charge in [-0.2, -0.15) is 0 Å². The van der Waals surface area contributed by atoms with Crippen LogP contribution in [0, 0.1) is 5.92 Å². The van der Waals surface area contributed by atoms with Crippen LogP contribution < -0.4 is 5.32 Å². The quantitative estimate of drug-likeness (QED) is 0.659. The van der Waals surface area contributed by atoms with Gasteiger partial charge in [0, 0.05) is 18.5 Å². The Bertz CT molecular complexity index is 367. The van der Waals surface area contributed by atoms with Gasteiger partial charge in [-0.25, -0.2) is 9.97 Å². The summed E-state index contributed by atoms with van der Waals surface area (Å²) in [4.78, 5) is 8.74. The summed E-state index contributed by atoms with van der Waals surface area (Å²) in [6.45, 7) is 2.91. The molecule has 17 heavy (non-hydrogen) atoms. The van der Waals surface area contributed by atoms with Gasteiger partial charge in [0.15, 0.2) is 0 Å². The maximum absolute atomic E-state index is 4.52. The molecular formula is C12H18BrN3S. The molecule has 1 aromatic heterocycles. The summed E-state index contributed by atoms with van der Waals surface area (Å²) >= 11 is 5.36. The monoisotopic (exact) mass is 315 g/mol. The minimum Gasteiger partial charge on any atom is -0.354 e. The van der Waals surface area contributed by atoms with Gasteiger partial charge in [0.2, 0.25) is 5.95 Å². The second kappa shape index (κ2) is 6.59. The van der Waals surface area contributed by atoms with Crippen LogP contribution >= 0.6 is 27.7 Å². The molecule has 0 radical (unpaired) electrons. The van der Waals surface area contributed by atoms with E-state index in [-0.39, 0.29) is 0 Å². The van der Waals surface area contributed by atoms with Crippen molar-refractivity contribution in [2.24, 2.45) is 5.92 Å². The molecule has 0 aliphatic heterocycles. The van der Waals surface area contributed by atoms with Crippen molar-refractivity contribution in [2.75, 3.05) is 17.6 Å². The van der Waals surface area contributed by atoms with E-state index in [1.54, 1.807) is 0 Å². The van der Waals surface area contributed by atoms with E-state index >= 15 is 0 Å². The Balaban J connectivity index is 1.95. The summed E-state index contributed by atoms with van der Waals surface area (Å²) in [6, 6.07) is 0. The highest BCUT2D eigenvalue weighted by molar-refractivity contribution is 9.10. The van der Waals surface area contributed by atoms with E-state index in [0.717, 1.165) is 27.9 Å². The number of hydrogen-bond donors (Lipinski definition) is 1. The van der Waals surface area contributed by atoms with Crippen LogP contribution in [0.1, 0.15) is 32.6 Å². The molecule has 1 aliphatic carbocycles. The third-order valence-corrected chi connectivity index (χ3v) is 5.04. The first-order valence-corrected chi connectivity index (χ1v) is 7.96. The number of nitrogens with zero attached hydrogens (tertiary/aromatic N) is 2. The molecule has 94 valence electrons. The van der Waals surface area contributed by atoms with Crippen molar-refractivity contribution < 1.29 is 0 Å². The van der Waals surface area contributed by atoms with Gasteiger partial charge in [-0.3, -0.25) is 0 Å². The minimum absolute atomic E-state index is 0.727. The average Bonchev–Trinajstić information content (AvgIpc) is 2.83. The summed E-state index contributed by atoms with van der Waals surface area (Å²) in [5.41, 5.74) is 0. The van der Waals surface area contributed by atoms with E-state index in [1.165, 1.54) is 31.4 Å². The van der Waals surface area contributed by atoms with E-state index in [2.05, 4.69) is 38.1 Å². The van der Waals surface area contributed by atoms with Gasteiger partial charge in [-0.05, 0) is 41.6 Å². The van der Waals surface area contributed by atoms with Crippen LogP contribution in [-0.2, 0) is 0 Å². The Morgan fingerprint density at radius 2 is 2.24 bits per heavy atom. The Morgan fingerprint density at radius 3 is 2.94 bits per heavy atom. The maximum Gasteiger partial charge on any atom is 0.223 e. The molecule has 1 fully saturated rings. The van der Waals surface area contributed by atoms with Crippen molar-refractivity contribution in [3.05, 3.63) is 10.7 Å². The molecule has 0 aromatic carbocycles. The number of nitrogens with one attached hydrogen (secondary N) is 1. The fraction of sp³-hybridized carbons (Fsp3) is 0.667. The predicted octanol–water partition coefficient (Wildman–Crippen LogP) is 3.95. The molecule has 0 bridgehead atoms. The van der Waals surface area contributed by atoms with Crippen molar-refractivity contribution in [2.45, 2.75) is 37.6 Å². The van der Waals surface area contributed by atoms with Gasteiger partial charge < -0.3 is 5.32 Å². The lowest BCUT2D eigenvalue weighted by Crippen LogP contribution is -2.03. The van der Waals surface area contributed by atoms with Crippen molar-refractivity contribution in [1.29, 1.82) is 0 Å². The molecule has 0 saturated heterocycles. The molecule has 3 nitrogen and oxygen atoms in total. The molecule has 1 aromatic rings. The van der Waals surface area contributed by atoms with Gasteiger partial charge >= 0.3 is 0 Å². The van der Waals surface area contributed by atoms with Crippen LogP contribution in [0.25, 0.3) is 0 Å². The minimum atomic E-state index is 0.727. The third-order valence-electron chi connectivity index (χ3n) is 2.98. The van der Waals surface area contributed by atoms with Gasteiger partial charge in [-0.1, -0.05) is 12.8 Å². The number of rotatable bonds is 5. The average molecular weight is 316 g/mol. The molecule has 0 atom stereocenters. The van der Waals surface area contributed by atoms with Crippen molar-refractivity contribution in [3.63, 3.8) is 0 Å². The Morgan fingerprint density at radius 1 is 1.47 bits per heavy atom. The second-order valence-electron chi connectivity index (χ2n) is 4.34. The first-order valence-electron chi connectivity index (χ1n) is 6.18. The Labute approximate surface area is 115 Å². The predicted molar refractivity (Wildman–Crippen MR) is 76.6 cm³/mol. The van der Waals surface area contributed by atoms with E-state index in [1.807, 2.05) is 18.0 Å². The highest BCUT2D eigenvalue weighted by atomic mass is 79.9. The number of anilines is 1. The van der Waals surface area contributed by atoms with Gasteiger partial charge in [-0.15, -0.1) is 11.8 Å². The normalized spacial score (nSPS) is 16.4. The van der Waals surface area contributed by atoms with Crippen LogP contribution in [0.15, 0.2) is 15.7 Å². The van der Waals surface area contributed by atoms with Crippen LogP contribution in [0.4, 0.5) is 5.95 Å². The molecule has 1 heterocycles. The summed E-state index contributed by atoms with van der Waals surface area (Å²) < 4.78 is 1.00. The van der Waals surface area contributed by atoms with E-state index in [0.29, 0.717) is 0 Å². The largest absolute Gasteiger partial charge is 0.354 e. The molecule has 0 spiro atoms. The van der Waals surface area contributed by atoms with Gasteiger partial charge in [0.05, 0.1) is 4.47 Å². The van der Waals surface area contributed by atoms with Crippen molar-refractivity contribution >= 4 is 33.6 Å². The SMILES string of the molecule is CCNc1ncc(Br)c(SCC2CCCC2)n1. The zero-order valence-corrected chi connectivity index (χ0v) is 12.5. The number of aromatic nitrogens is 2. The highest BCUT2D eigenvalue weighted by Gasteiger charge is 2.16. The first kappa shape index (κ1) is 13.1. The van der Waals surface area contributed by atoms with E-state index < -0.39 is 0 Å². The fourth-order valence-corrected chi connectivity index (χ4v) is 3.67. The van der Waals surface area contributed by atoms with Gasteiger partial charge in [0.1, 0.15) is 5.03 Å². The highest BCUT2D eigenvalue weighted by Crippen LogP contribution is 2.33. The lowest BCUT2D eigenvalue weighted by atomic mass is 10.1. The molecule has 2 rings (SSSR count). The van der Waals surface area contributed by atoms with Crippen LogP contribution in [0.2, 0.25) is 0 Å². The van der Waals surface area contributed by atoms with E-state index in [4.69, 9.17) is 0 Å². The summed E-state index contributed by atoms with van der Waals surface area (Å²) in [5.74, 6) is 2.79. The fourth-order valence-electron chi connectivity index (χ4n) is 2.07. The summed E-state index contributed by atoms with van der Waals surface area (Å²) in [6.07, 6.45) is 7.41. The lowest BCUT2D eigenvalue weighted by molar-refractivity contribution is 0.622. The lowest BCUT2D eigenvalue weighted by Gasteiger charge is -2.09. The molecular weight excluding hydrogens is 298 g/mol. The maximum atomic E-state index is 4.52. The number of halogens is 1. The van der Waals surface area contributed by atoms with Crippen molar-refractivity contribution in [1.82, 2.24) is 9.97 Å². The van der Waals surface area contributed by atoms with Crippen molar-refractivity contribution in [3.8, 4) is 0 Å². The summed E-state index contributed by atoms with van der Waals surface area (Å²) in [5, 5.41) is 4.20. The zero-order chi connectivity index (χ0) is 12.1. The van der Waals surface area contributed by atoms with Crippen LogP contribution in [0.5, 0.6) is 0 Å². The number of thioether (sulfide) groups is 1. The zero-order valence-electron chi connectivity index (χ0n) is 10.1. The third kappa shape index (κ3) is 3.85. The smallest absolute Gasteiger partial charge is 0.223 e. The molecule has 5 heteroatoms. The Hall–Kier alpha value is -0.290.